The SMILES string of the molecule is CC(C)c1cc(-c2ccccc2)cc(-c2ccccc2)[n+]1C. The molecule has 1 aromatic heterocycles. The van der Waals surface area contributed by atoms with E-state index in [1.165, 1.54) is 28.1 Å². The molecule has 1 heterocycles. The highest BCUT2D eigenvalue weighted by atomic mass is 14.9. The van der Waals surface area contributed by atoms with E-state index in [4.69, 9.17) is 0 Å². The molecule has 3 aromatic rings. The molecule has 0 saturated heterocycles. The summed E-state index contributed by atoms with van der Waals surface area (Å²) in [6.07, 6.45) is 0. The lowest BCUT2D eigenvalue weighted by atomic mass is 9.98. The zero-order chi connectivity index (χ0) is 15.5. The van der Waals surface area contributed by atoms with E-state index in [0.717, 1.165) is 0 Å². The van der Waals surface area contributed by atoms with Crippen LogP contribution in [0.3, 0.4) is 0 Å². The van der Waals surface area contributed by atoms with Gasteiger partial charge in [-0.1, -0.05) is 62.4 Å². The first kappa shape index (κ1) is 14.5. The van der Waals surface area contributed by atoms with Crippen molar-refractivity contribution in [1.29, 1.82) is 0 Å². The third-order valence-electron chi connectivity index (χ3n) is 4.11. The second kappa shape index (κ2) is 6.15. The van der Waals surface area contributed by atoms with Crippen LogP contribution in [0.2, 0.25) is 0 Å². The highest BCUT2D eigenvalue weighted by molar-refractivity contribution is 5.69. The Hall–Kier alpha value is -2.41. The topological polar surface area (TPSA) is 3.88 Å². The average molecular weight is 288 g/mol. The van der Waals surface area contributed by atoms with Gasteiger partial charge >= 0.3 is 0 Å². The van der Waals surface area contributed by atoms with E-state index >= 15 is 0 Å². The largest absolute Gasteiger partial charge is 0.213 e. The van der Waals surface area contributed by atoms with Gasteiger partial charge in [0.1, 0.15) is 7.05 Å². The molecule has 110 valence electrons. The van der Waals surface area contributed by atoms with Crippen LogP contribution in [-0.2, 0) is 7.05 Å². The Balaban J connectivity index is 2.24. The summed E-state index contributed by atoms with van der Waals surface area (Å²) in [5.41, 5.74) is 6.40. The summed E-state index contributed by atoms with van der Waals surface area (Å²) < 4.78 is 2.31. The Morgan fingerprint density at radius 1 is 0.682 bits per heavy atom. The molecule has 0 spiro atoms. The van der Waals surface area contributed by atoms with Gasteiger partial charge in [-0.15, -0.1) is 0 Å². The second-order valence-corrected chi connectivity index (χ2v) is 6.00. The molecule has 0 saturated carbocycles. The van der Waals surface area contributed by atoms with Crippen LogP contribution in [0.4, 0.5) is 0 Å². The van der Waals surface area contributed by atoms with Crippen LogP contribution in [0.25, 0.3) is 22.4 Å². The summed E-state index contributed by atoms with van der Waals surface area (Å²) in [5, 5.41) is 0. The fraction of sp³-hybridized carbons (Fsp3) is 0.190. The fourth-order valence-electron chi connectivity index (χ4n) is 2.92. The summed E-state index contributed by atoms with van der Waals surface area (Å²) >= 11 is 0. The maximum absolute atomic E-state index is 2.31. The molecular formula is C21H22N+. The maximum atomic E-state index is 2.31. The second-order valence-electron chi connectivity index (χ2n) is 6.00. The van der Waals surface area contributed by atoms with Gasteiger partial charge in [-0.2, -0.15) is 4.57 Å². The molecule has 2 aromatic carbocycles. The number of benzene rings is 2. The normalized spacial score (nSPS) is 10.9. The summed E-state index contributed by atoms with van der Waals surface area (Å²) in [7, 11) is 2.16. The van der Waals surface area contributed by atoms with Crippen LogP contribution in [0.5, 0.6) is 0 Å². The predicted octanol–water partition coefficient (Wildman–Crippen LogP) is 4.97. The minimum absolute atomic E-state index is 0.483. The third-order valence-corrected chi connectivity index (χ3v) is 4.11. The standard InChI is InChI=1S/C21H22N/c1-16(2)20-14-19(17-10-6-4-7-11-17)15-21(22(20)3)18-12-8-5-9-13-18/h4-16H,1-3H3/q+1. The molecule has 0 amide bonds. The van der Waals surface area contributed by atoms with Gasteiger partial charge in [-0.3, -0.25) is 0 Å². The minimum Gasteiger partial charge on any atom is -0.198 e. The van der Waals surface area contributed by atoms with Crippen molar-refractivity contribution in [3.8, 4) is 22.4 Å². The smallest absolute Gasteiger partial charge is 0.198 e. The monoisotopic (exact) mass is 288 g/mol. The van der Waals surface area contributed by atoms with Crippen LogP contribution >= 0.6 is 0 Å². The van der Waals surface area contributed by atoms with Crippen LogP contribution in [0.15, 0.2) is 72.8 Å². The molecule has 0 aliphatic rings. The Kier molecular flexibility index (Phi) is 4.06. The molecule has 1 heteroatoms. The number of pyridine rings is 1. The first-order valence-electron chi connectivity index (χ1n) is 7.81. The van der Waals surface area contributed by atoms with Crippen molar-refractivity contribution >= 4 is 0 Å². The summed E-state index contributed by atoms with van der Waals surface area (Å²) in [4.78, 5) is 0. The zero-order valence-electron chi connectivity index (χ0n) is 13.5. The molecule has 0 N–H and O–H groups in total. The van der Waals surface area contributed by atoms with E-state index in [1.807, 2.05) is 0 Å². The van der Waals surface area contributed by atoms with Crippen LogP contribution < -0.4 is 4.57 Å². The molecule has 1 nitrogen and oxygen atoms in total. The average Bonchev–Trinajstić information content (AvgIpc) is 2.56. The fourth-order valence-corrected chi connectivity index (χ4v) is 2.92. The summed E-state index contributed by atoms with van der Waals surface area (Å²) in [6, 6.07) is 25.8. The van der Waals surface area contributed by atoms with Gasteiger partial charge in [0, 0.05) is 23.6 Å². The Labute approximate surface area is 132 Å². The van der Waals surface area contributed by atoms with Crippen LogP contribution in [-0.4, -0.2) is 0 Å². The van der Waals surface area contributed by atoms with Gasteiger partial charge in [-0.25, -0.2) is 0 Å². The highest BCUT2D eigenvalue weighted by Crippen LogP contribution is 2.26. The van der Waals surface area contributed by atoms with E-state index in [-0.39, 0.29) is 0 Å². The number of aromatic nitrogens is 1. The third kappa shape index (κ3) is 2.80. The van der Waals surface area contributed by atoms with E-state index in [2.05, 4.69) is 98.3 Å². The lowest BCUT2D eigenvalue weighted by Crippen LogP contribution is -2.37. The molecule has 0 bridgehead atoms. The number of rotatable bonds is 3. The Morgan fingerprint density at radius 2 is 1.23 bits per heavy atom. The lowest BCUT2D eigenvalue weighted by Gasteiger charge is -2.11. The summed E-state index contributed by atoms with van der Waals surface area (Å²) in [5.74, 6) is 0.483. The Bertz CT molecular complexity index is 759. The molecule has 0 atom stereocenters. The van der Waals surface area contributed by atoms with Crippen molar-refractivity contribution in [2.75, 3.05) is 0 Å². The van der Waals surface area contributed by atoms with Crippen molar-refractivity contribution in [2.24, 2.45) is 7.05 Å². The van der Waals surface area contributed by atoms with Crippen LogP contribution in [0, 0.1) is 0 Å². The first-order chi connectivity index (χ1) is 10.7. The van der Waals surface area contributed by atoms with Gasteiger partial charge in [0.2, 0.25) is 5.69 Å². The highest BCUT2D eigenvalue weighted by Gasteiger charge is 2.19. The zero-order valence-corrected chi connectivity index (χ0v) is 13.5. The maximum Gasteiger partial charge on any atom is 0.213 e. The molecule has 0 radical (unpaired) electrons. The van der Waals surface area contributed by atoms with E-state index in [0.29, 0.717) is 5.92 Å². The van der Waals surface area contributed by atoms with Gasteiger partial charge in [-0.05, 0) is 23.3 Å². The van der Waals surface area contributed by atoms with Gasteiger partial charge < -0.3 is 0 Å². The van der Waals surface area contributed by atoms with Gasteiger partial charge in [0.25, 0.3) is 0 Å². The van der Waals surface area contributed by atoms with Crippen molar-refractivity contribution in [1.82, 2.24) is 0 Å². The molecule has 3 rings (SSSR count). The number of hydrogen-bond acceptors (Lipinski definition) is 0. The minimum atomic E-state index is 0.483. The Morgan fingerprint density at radius 3 is 1.77 bits per heavy atom. The van der Waals surface area contributed by atoms with E-state index < -0.39 is 0 Å². The summed E-state index contributed by atoms with van der Waals surface area (Å²) in [6.45, 7) is 4.50. The van der Waals surface area contributed by atoms with Crippen LogP contribution in [0.1, 0.15) is 25.5 Å². The lowest BCUT2D eigenvalue weighted by molar-refractivity contribution is -0.669. The first-order valence-corrected chi connectivity index (χ1v) is 7.81. The molecule has 0 aliphatic heterocycles. The van der Waals surface area contributed by atoms with Crippen molar-refractivity contribution in [3.05, 3.63) is 78.5 Å². The van der Waals surface area contributed by atoms with Gasteiger partial charge in [0.15, 0.2) is 5.69 Å². The van der Waals surface area contributed by atoms with Crippen molar-refractivity contribution < 1.29 is 4.57 Å². The number of nitrogens with zero attached hydrogens (tertiary/aromatic N) is 1. The van der Waals surface area contributed by atoms with E-state index in [9.17, 15) is 0 Å². The molecular weight excluding hydrogens is 266 g/mol. The van der Waals surface area contributed by atoms with E-state index in [1.54, 1.807) is 0 Å². The van der Waals surface area contributed by atoms with Crippen molar-refractivity contribution in [2.45, 2.75) is 19.8 Å². The van der Waals surface area contributed by atoms with Crippen molar-refractivity contribution in [3.63, 3.8) is 0 Å². The van der Waals surface area contributed by atoms with Gasteiger partial charge in [0.05, 0.1) is 0 Å². The number of hydrogen-bond donors (Lipinski definition) is 0. The molecule has 22 heavy (non-hydrogen) atoms. The molecule has 0 unspecified atom stereocenters. The quantitative estimate of drug-likeness (QED) is 0.599. The molecule has 0 aliphatic carbocycles. The molecule has 0 fully saturated rings. The predicted molar refractivity (Wildman–Crippen MR) is 92.6 cm³/mol.